The molecular formula is C22H36N4S. The third-order valence-corrected chi connectivity index (χ3v) is 5.12. The standard InChI is InChI=1S/C13H21N3.C9H15NS/c1-8(2)11-6-15-7-12(9(3)4)13(11)16-10(5)14;1-6(2)9-5-8(11-10)4-7(9)3/h6-9H,5,14H2,1-4H3,(H,15,16);5-6H,4,10H2,1-3H3. The van der Waals surface area contributed by atoms with Crippen LogP contribution >= 0.6 is 11.9 Å². The largest absolute Gasteiger partial charge is 0.386 e. The highest BCUT2D eigenvalue weighted by Crippen LogP contribution is 2.33. The van der Waals surface area contributed by atoms with E-state index in [9.17, 15) is 0 Å². The molecule has 0 aromatic carbocycles. The van der Waals surface area contributed by atoms with Crippen LogP contribution in [-0.4, -0.2) is 4.98 Å². The lowest BCUT2D eigenvalue weighted by Crippen LogP contribution is -2.12. The SMILES string of the molecule is C=C(N)Nc1c(C(C)C)cncc1C(C)C.CC1=C(C(C)C)C=C(SN)C1. The fourth-order valence-corrected chi connectivity index (χ4v) is 3.62. The predicted octanol–water partition coefficient (Wildman–Crippen LogP) is 6.02. The smallest absolute Gasteiger partial charge is 0.0930 e. The van der Waals surface area contributed by atoms with E-state index in [0.29, 0.717) is 23.6 Å². The van der Waals surface area contributed by atoms with Gasteiger partial charge in [-0.2, -0.15) is 0 Å². The van der Waals surface area contributed by atoms with Crippen LogP contribution in [0.1, 0.15) is 77.8 Å². The summed E-state index contributed by atoms with van der Waals surface area (Å²) in [5.74, 6) is 1.93. The Morgan fingerprint density at radius 3 is 1.89 bits per heavy atom. The van der Waals surface area contributed by atoms with E-state index >= 15 is 0 Å². The molecule has 0 unspecified atom stereocenters. The van der Waals surface area contributed by atoms with Crippen LogP contribution in [-0.2, 0) is 0 Å². The van der Waals surface area contributed by atoms with E-state index in [1.165, 1.54) is 39.1 Å². The van der Waals surface area contributed by atoms with Crippen LogP contribution in [0.3, 0.4) is 0 Å². The van der Waals surface area contributed by atoms with Crippen molar-refractivity contribution in [2.24, 2.45) is 16.8 Å². The lowest BCUT2D eigenvalue weighted by atomic mass is 9.95. The second kappa shape index (κ2) is 10.6. The number of hydrogen-bond acceptors (Lipinski definition) is 5. The Morgan fingerprint density at radius 1 is 1.07 bits per heavy atom. The van der Waals surface area contributed by atoms with E-state index < -0.39 is 0 Å². The summed E-state index contributed by atoms with van der Waals surface area (Å²) in [6, 6.07) is 0. The molecule has 5 heteroatoms. The molecule has 27 heavy (non-hydrogen) atoms. The number of pyridine rings is 1. The van der Waals surface area contributed by atoms with Crippen molar-refractivity contribution >= 4 is 17.6 Å². The molecule has 2 rings (SSSR count). The van der Waals surface area contributed by atoms with E-state index in [-0.39, 0.29) is 0 Å². The number of nitrogens with one attached hydrogen (secondary N) is 1. The molecule has 0 atom stereocenters. The summed E-state index contributed by atoms with van der Waals surface area (Å²) in [5, 5.41) is 8.63. The van der Waals surface area contributed by atoms with Crippen LogP contribution in [0, 0.1) is 5.92 Å². The van der Waals surface area contributed by atoms with Gasteiger partial charge in [0.25, 0.3) is 0 Å². The number of anilines is 1. The van der Waals surface area contributed by atoms with Crippen molar-refractivity contribution in [3.05, 3.63) is 58.0 Å². The lowest BCUT2D eigenvalue weighted by Gasteiger charge is -2.19. The van der Waals surface area contributed by atoms with Crippen molar-refractivity contribution in [3.63, 3.8) is 0 Å². The summed E-state index contributed by atoms with van der Waals surface area (Å²) >= 11 is 1.38. The first kappa shape index (κ1) is 23.3. The molecule has 1 aliphatic rings. The van der Waals surface area contributed by atoms with Gasteiger partial charge in [-0.1, -0.05) is 65.6 Å². The molecule has 1 aliphatic carbocycles. The molecule has 0 saturated heterocycles. The van der Waals surface area contributed by atoms with E-state index in [1.54, 1.807) is 0 Å². The Kier molecular flexibility index (Phi) is 9.13. The molecule has 1 heterocycles. The minimum atomic E-state index is 0.410. The van der Waals surface area contributed by atoms with Crippen molar-refractivity contribution in [2.75, 3.05) is 5.32 Å². The number of nitrogens with zero attached hydrogens (tertiary/aromatic N) is 1. The van der Waals surface area contributed by atoms with Crippen molar-refractivity contribution in [2.45, 2.75) is 66.7 Å². The molecule has 0 radical (unpaired) electrons. The van der Waals surface area contributed by atoms with E-state index in [4.69, 9.17) is 10.9 Å². The van der Waals surface area contributed by atoms with E-state index in [0.717, 1.165) is 12.1 Å². The van der Waals surface area contributed by atoms with Crippen LogP contribution in [0.25, 0.3) is 0 Å². The zero-order valence-electron chi connectivity index (χ0n) is 17.9. The molecule has 5 N–H and O–H groups in total. The molecule has 0 bridgehead atoms. The van der Waals surface area contributed by atoms with Gasteiger partial charge in [0.05, 0.1) is 5.82 Å². The molecular weight excluding hydrogens is 352 g/mol. The monoisotopic (exact) mass is 388 g/mol. The van der Waals surface area contributed by atoms with Crippen LogP contribution in [0.15, 0.2) is 46.9 Å². The highest BCUT2D eigenvalue weighted by Gasteiger charge is 2.15. The van der Waals surface area contributed by atoms with Gasteiger partial charge < -0.3 is 11.1 Å². The topological polar surface area (TPSA) is 77.0 Å². The van der Waals surface area contributed by atoms with Crippen LogP contribution < -0.4 is 16.2 Å². The van der Waals surface area contributed by atoms with E-state index in [1.807, 2.05) is 12.4 Å². The van der Waals surface area contributed by atoms with Gasteiger partial charge in [-0.05, 0) is 47.5 Å². The third kappa shape index (κ3) is 6.74. The minimum absolute atomic E-state index is 0.410. The van der Waals surface area contributed by atoms with Gasteiger partial charge in [-0.15, -0.1) is 0 Å². The van der Waals surface area contributed by atoms with Gasteiger partial charge in [0.2, 0.25) is 0 Å². The predicted molar refractivity (Wildman–Crippen MR) is 121 cm³/mol. The molecule has 4 nitrogen and oxygen atoms in total. The summed E-state index contributed by atoms with van der Waals surface area (Å²) in [5.41, 5.74) is 12.0. The lowest BCUT2D eigenvalue weighted by molar-refractivity contribution is 0.783. The summed E-state index contributed by atoms with van der Waals surface area (Å²) < 4.78 is 0. The first-order valence-electron chi connectivity index (χ1n) is 9.54. The van der Waals surface area contributed by atoms with Crippen molar-refractivity contribution in [1.29, 1.82) is 0 Å². The molecule has 0 spiro atoms. The number of aromatic nitrogens is 1. The second-order valence-corrected chi connectivity index (χ2v) is 8.71. The van der Waals surface area contributed by atoms with Gasteiger partial charge in [-0.25, -0.2) is 0 Å². The maximum atomic E-state index is 5.64. The normalized spacial score (nSPS) is 13.8. The minimum Gasteiger partial charge on any atom is -0.386 e. The zero-order chi connectivity index (χ0) is 20.7. The van der Waals surface area contributed by atoms with Crippen LogP contribution in [0.2, 0.25) is 0 Å². The maximum Gasteiger partial charge on any atom is 0.0930 e. The summed E-state index contributed by atoms with van der Waals surface area (Å²) in [7, 11) is 0. The Morgan fingerprint density at radius 2 is 1.59 bits per heavy atom. The second-order valence-electron chi connectivity index (χ2n) is 7.95. The fraction of sp³-hybridized carbons (Fsp3) is 0.500. The molecule has 1 aromatic heterocycles. The van der Waals surface area contributed by atoms with Gasteiger partial charge in [0, 0.05) is 29.4 Å². The average molecular weight is 389 g/mol. The van der Waals surface area contributed by atoms with Gasteiger partial charge in [-0.3, -0.25) is 10.1 Å². The molecule has 0 amide bonds. The maximum absolute atomic E-state index is 5.64. The molecule has 1 aromatic rings. The number of hydrogen-bond donors (Lipinski definition) is 3. The van der Waals surface area contributed by atoms with Gasteiger partial charge in [0.1, 0.15) is 0 Å². The van der Waals surface area contributed by atoms with E-state index in [2.05, 4.69) is 71.4 Å². The van der Waals surface area contributed by atoms with Gasteiger partial charge in [0.15, 0.2) is 0 Å². The number of rotatable bonds is 6. The van der Waals surface area contributed by atoms with Gasteiger partial charge >= 0.3 is 0 Å². The first-order chi connectivity index (χ1) is 12.6. The quantitative estimate of drug-likeness (QED) is 0.519. The molecule has 0 aliphatic heterocycles. The van der Waals surface area contributed by atoms with Crippen molar-refractivity contribution < 1.29 is 0 Å². The first-order valence-corrected chi connectivity index (χ1v) is 10.4. The highest BCUT2D eigenvalue weighted by atomic mass is 32.2. The molecule has 0 fully saturated rings. The van der Waals surface area contributed by atoms with Crippen molar-refractivity contribution in [3.8, 4) is 0 Å². The fourth-order valence-electron chi connectivity index (χ4n) is 3.12. The zero-order valence-corrected chi connectivity index (χ0v) is 18.7. The Balaban J connectivity index is 0.000000289. The average Bonchev–Trinajstić information content (AvgIpc) is 2.96. The number of allylic oxidation sites excluding steroid dienone is 4. The summed E-state index contributed by atoms with van der Waals surface area (Å²) in [6.07, 6.45) is 7.07. The highest BCUT2D eigenvalue weighted by molar-refractivity contribution is 8.00. The van der Waals surface area contributed by atoms with Crippen LogP contribution in [0.4, 0.5) is 5.69 Å². The third-order valence-electron chi connectivity index (χ3n) is 4.56. The molecule has 0 saturated carbocycles. The summed E-state index contributed by atoms with van der Waals surface area (Å²) in [4.78, 5) is 5.58. The Bertz CT molecular complexity index is 689. The Hall–Kier alpha value is -1.72. The number of nitrogens with two attached hydrogens (primary N) is 2. The van der Waals surface area contributed by atoms with Crippen LogP contribution in [0.5, 0.6) is 0 Å². The van der Waals surface area contributed by atoms with Crippen molar-refractivity contribution in [1.82, 2.24) is 4.98 Å². The molecule has 150 valence electrons. The summed E-state index contributed by atoms with van der Waals surface area (Å²) in [6.45, 7) is 18.9. The Labute approximate surface area is 169 Å².